The van der Waals surface area contributed by atoms with Gasteiger partial charge in [0.2, 0.25) is 0 Å². The number of carbonyl (C=O) groups excluding carboxylic acids is 2. The second-order valence-electron chi connectivity index (χ2n) is 16.2. The summed E-state index contributed by atoms with van der Waals surface area (Å²) in [6.07, 6.45) is 46.1. The number of hydrogen-bond donors (Lipinski definition) is 1. The summed E-state index contributed by atoms with van der Waals surface area (Å²) in [7, 11) is 1.70. The van der Waals surface area contributed by atoms with E-state index in [1.165, 1.54) is 225 Å². The van der Waals surface area contributed by atoms with Crippen LogP contribution in [0.5, 0.6) is 0 Å². The molecule has 0 bridgehead atoms. The first-order valence-electron chi connectivity index (χ1n) is 24.7. The molecule has 0 amide bonds. The lowest BCUT2D eigenvalue weighted by Crippen LogP contribution is -2.28. The molecule has 56 heavy (non-hydrogen) atoms. The number of nitrogens with one attached hydrogen (secondary N) is 1. The van der Waals surface area contributed by atoms with E-state index in [2.05, 4.69) is 49.7 Å². The number of hydroxylamine groups is 1. The van der Waals surface area contributed by atoms with Crippen molar-refractivity contribution in [3.05, 3.63) is 0 Å². The molecule has 0 aromatic carbocycles. The van der Waals surface area contributed by atoms with Crippen molar-refractivity contribution < 1.29 is 23.9 Å². The van der Waals surface area contributed by atoms with Gasteiger partial charge in [-0.3, -0.25) is 9.59 Å². The second-order valence-corrected chi connectivity index (χ2v) is 16.2. The largest absolute Gasteiger partial charge is 0.468 e. The fraction of sp³-hybridized carbons (Fsp3) is 0.959. The van der Waals surface area contributed by atoms with E-state index in [1.54, 1.807) is 7.11 Å². The van der Waals surface area contributed by atoms with Gasteiger partial charge in [0.15, 0.2) is 0 Å². The Morgan fingerprint density at radius 1 is 0.429 bits per heavy atom. The summed E-state index contributed by atoms with van der Waals surface area (Å²) in [6, 6.07) is 0. The standard InChI is InChI=1S/C21H46N2O.C18H36O2.C10H20O2/c1-4-6-8-10-12-15-19-23(21-17-14-18-22-24-3)20-16-13-11-9-7-5-2;1-3-5-7-9-11-13-15-18(20-17-19)16-14-12-10-8-6-4-2;1-2-3-4-5-6-7-8-9-12-10-11/h22H,4-21H2,1-3H3;17-18H,3-16H2,1-2H3;10H,2-9H2,1H3. The third-order valence-electron chi connectivity index (χ3n) is 10.7. The van der Waals surface area contributed by atoms with E-state index in [0.29, 0.717) is 19.6 Å². The molecular weight excluding hydrogens is 697 g/mol. The molecule has 0 radical (unpaired) electrons. The molecule has 0 aromatic heterocycles. The fourth-order valence-corrected chi connectivity index (χ4v) is 7.06. The van der Waals surface area contributed by atoms with E-state index >= 15 is 0 Å². The van der Waals surface area contributed by atoms with Gasteiger partial charge in [-0.1, -0.05) is 202 Å². The third kappa shape index (κ3) is 57.1. The first kappa shape index (κ1) is 59.1. The van der Waals surface area contributed by atoms with Crippen molar-refractivity contribution in [2.24, 2.45) is 0 Å². The van der Waals surface area contributed by atoms with Gasteiger partial charge in [-0.2, -0.15) is 0 Å². The first-order chi connectivity index (χ1) is 27.6. The quantitative estimate of drug-likeness (QED) is 0.0373. The summed E-state index contributed by atoms with van der Waals surface area (Å²) in [5.74, 6) is 0. The number of rotatable bonds is 45. The molecule has 0 aromatic rings. The van der Waals surface area contributed by atoms with Crippen molar-refractivity contribution in [3.63, 3.8) is 0 Å². The zero-order valence-electron chi connectivity index (χ0n) is 39.0. The van der Waals surface area contributed by atoms with Gasteiger partial charge in [-0.05, 0) is 77.4 Å². The smallest absolute Gasteiger partial charge is 0.293 e. The molecule has 0 spiro atoms. The van der Waals surface area contributed by atoms with Crippen LogP contribution in [0.4, 0.5) is 0 Å². The van der Waals surface area contributed by atoms with Gasteiger partial charge in [0, 0.05) is 6.54 Å². The van der Waals surface area contributed by atoms with Crippen LogP contribution in [0.3, 0.4) is 0 Å². The van der Waals surface area contributed by atoms with E-state index in [9.17, 15) is 9.59 Å². The highest BCUT2D eigenvalue weighted by Crippen LogP contribution is 2.16. The Morgan fingerprint density at radius 2 is 0.768 bits per heavy atom. The normalized spacial score (nSPS) is 10.9. The fourth-order valence-electron chi connectivity index (χ4n) is 7.06. The van der Waals surface area contributed by atoms with Crippen LogP contribution in [0.1, 0.15) is 259 Å². The summed E-state index contributed by atoms with van der Waals surface area (Å²) in [5.41, 5.74) is 2.95. The third-order valence-corrected chi connectivity index (χ3v) is 10.7. The average molecular weight is 799 g/mol. The SMILES string of the molecule is CCCCCCCCC(CCCCCCCC)OC=O.CCCCCCCCCOC=O.CCCCCCCCN(CCCCCCCC)CCCCNOC. The Labute approximate surface area is 351 Å². The number of nitrogens with zero attached hydrogens (tertiary/aromatic N) is 1. The Kier molecular flexibility index (Phi) is 61.4. The van der Waals surface area contributed by atoms with Gasteiger partial charge >= 0.3 is 0 Å². The molecule has 0 aliphatic carbocycles. The lowest BCUT2D eigenvalue weighted by atomic mass is 10.0. The number of hydrogen-bond acceptors (Lipinski definition) is 7. The van der Waals surface area contributed by atoms with Crippen molar-refractivity contribution in [2.75, 3.05) is 39.9 Å². The molecule has 1 N–H and O–H groups in total. The summed E-state index contributed by atoms with van der Waals surface area (Å²) in [6.45, 7) is 17.9. The van der Waals surface area contributed by atoms with E-state index in [1.807, 2.05) is 0 Å². The molecule has 0 aliphatic rings. The molecule has 0 fully saturated rings. The molecule has 7 nitrogen and oxygen atoms in total. The number of ether oxygens (including phenoxy) is 2. The van der Waals surface area contributed by atoms with Crippen molar-refractivity contribution in [2.45, 2.75) is 265 Å². The zero-order valence-corrected chi connectivity index (χ0v) is 39.0. The molecule has 0 saturated heterocycles. The van der Waals surface area contributed by atoms with Crippen LogP contribution in [-0.2, 0) is 23.9 Å². The second kappa shape index (κ2) is 58.1. The van der Waals surface area contributed by atoms with E-state index in [-0.39, 0.29) is 6.10 Å². The maximum atomic E-state index is 10.5. The van der Waals surface area contributed by atoms with Crippen LogP contribution in [-0.4, -0.2) is 63.8 Å². The van der Waals surface area contributed by atoms with Gasteiger partial charge in [0.05, 0.1) is 13.7 Å². The molecular formula is C49H102N2O5. The molecule has 338 valence electrons. The summed E-state index contributed by atoms with van der Waals surface area (Å²) < 4.78 is 9.80. The van der Waals surface area contributed by atoms with Crippen molar-refractivity contribution in [1.82, 2.24) is 10.4 Å². The zero-order chi connectivity index (χ0) is 41.7. The Hall–Kier alpha value is -1.18. The number of unbranched alkanes of at least 4 members (excludes halogenated alkanes) is 27. The van der Waals surface area contributed by atoms with Gasteiger partial charge in [-0.15, -0.1) is 0 Å². The van der Waals surface area contributed by atoms with Crippen LogP contribution in [0, 0.1) is 0 Å². The Morgan fingerprint density at radius 3 is 1.12 bits per heavy atom. The lowest BCUT2D eigenvalue weighted by molar-refractivity contribution is -0.134. The summed E-state index contributed by atoms with van der Waals surface area (Å²) in [5, 5.41) is 0. The predicted molar refractivity (Wildman–Crippen MR) is 244 cm³/mol. The minimum Gasteiger partial charge on any atom is -0.468 e. The lowest BCUT2D eigenvalue weighted by Gasteiger charge is -2.22. The molecule has 0 saturated carbocycles. The highest BCUT2D eigenvalue weighted by molar-refractivity contribution is 5.37. The van der Waals surface area contributed by atoms with Gasteiger partial charge in [-0.25, -0.2) is 5.48 Å². The summed E-state index contributed by atoms with van der Waals surface area (Å²) >= 11 is 0. The molecule has 0 atom stereocenters. The van der Waals surface area contributed by atoms with Crippen molar-refractivity contribution in [1.29, 1.82) is 0 Å². The monoisotopic (exact) mass is 799 g/mol. The van der Waals surface area contributed by atoms with Gasteiger partial charge < -0.3 is 19.2 Å². The van der Waals surface area contributed by atoms with E-state index in [0.717, 1.165) is 25.8 Å². The van der Waals surface area contributed by atoms with Gasteiger partial charge in [0.1, 0.15) is 6.10 Å². The van der Waals surface area contributed by atoms with Gasteiger partial charge in [0.25, 0.3) is 12.9 Å². The summed E-state index contributed by atoms with van der Waals surface area (Å²) in [4.78, 5) is 27.9. The van der Waals surface area contributed by atoms with Crippen LogP contribution < -0.4 is 5.48 Å². The molecule has 0 aliphatic heterocycles. The van der Waals surface area contributed by atoms with E-state index in [4.69, 9.17) is 9.57 Å². The highest BCUT2D eigenvalue weighted by Gasteiger charge is 2.09. The first-order valence-corrected chi connectivity index (χ1v) is 24.7. The molecule has 7 heteroatoms. The Bertz CT molecular complexity index is 651. The minimum absolute atomic E-state index is 0.171. The highest BCUT2D eigenvalue weighted by atomic mass is 16.6. The van der Waals surface area contributed by atoms with E-state index < -0.39 is 0 Å². The van der Waals surface area contributed by atoms with Crippen LogP contribution in [0.25, 0.3) is 0 Å². The van der Waals surface area contributed by atoms with Crippen molar-refractivity contribution in [3.8, 4) is 0 Å². The maximum absolute atomic E-state index is 10.5. The predicted octanol–water partition coefficient (Wildman–Crippen LogP) is 14.9. The molecule has 0 rings (SSSR count). The van der Waals surface area contributed by atoms with Crippen LogP contribution in [0.15, 0.2) is 0 Å². The Balaban J connectivity index is -0.000000793. The average Bonchev–Trinajstić information content (AvgIpc) is 3.21. The molecule has 0 unspecified atom stereocenters. The van der Waals surface area contributed by atoms with Crippen molar-refractivity contribution >= 4 is 12.9 Å². The minimum atomic E-state index is 0.171. The maximum Gasteiger partial charge on any atom is 0.293 e. The van der Waals surface area contributed by atoms with Crippen LogP contribution in [0.2, 0.25) is 0 Å². The topological polar surface area (TPSA) is 77.1 Å². The van der Waals surface area contributed by atoms with Crippen LogP contribution >= 0.6 is 0 Å². The molecule has 0 heterocycles. The number of carbonyl (C=O) groups is 2.